The molecule has 2 aliphatic rings. The summed E-state index contributed by atoms with van der Waals surface area (Å²) in [6.07, 6.45) is 10.0. The van der Waals surface area contributed by atoms with Crippen LogP contribution in [-0.4, -0.2) is 49.7 Å². The van der Waals surface area contributed by atoms with Crippen LogP contribution in [0.2, 0.25) is 0 Å². The number of nitrogens with one attached hydrogen (secondary N) is 1. The van der Waals surface area contributed by atoms with Crippen molar-refractivity contribution in [2.45, 2.75) is 25.3 Å². The Labute approximate surface area is 131 Å². The molecule has 0 radical (unpaired) electrons. The van der Waals surface area contributed by atoms with Crippen molar-refractivity contribution in [3.05, 3.63) is 30.2 Å². The molecule has 2 aliphatic heterocycles. The molecule has 22 heavy (non-hydrogen) atoms. The van der Waals surface area contributed by atoms with Gasteiger partial charge in [-0.05, 0) is 50.4 Å². The van der Waals surface area contributed by atoms with E-state index in [1.165, 1.54) is 6.42 Å². The molecule has 5 nitrogen and oxygen atoms in total. The SMILES string of the molecule is O=C(/C=C/c1ccoc1)NCC1CCN(C2CCOC2)CC1. The van der Waals surface area contributed by atoms with E-state index in [4.69, 9.17) is 9.15 Å². The molecule has 120 valence electrons. The van der Waals surface area contributed by atoms with Crippen molar-refractivity contribution >= 4 is 12.0 Å². The molecule has 2 fully saturated rings. The van der Waals surface area contributed by atoms with E-state index in [0.29, 0.717) is 12.0 Å². The molecule has 0 bridgehead atoms. The Bertz CT molecular complexity index is 484. The fourth-order valence-electron chi connectivity index (χ4n) is 3.18. The second kappa shape index (κ2) is 7.61. The number of hydrogen-bond acceptors (Lipinski definition) is 4. The summed E-state index contributed by atoms with van der Waals surface area (Å²) >= 11 is 0. The lowest BCUT2D eigenvalue weighted by Crippen LogP contribution is -2.43. The molecule has 3 heterocycles. The largest absolute Gasteiger partial charge is 0.472 e. The van der Waals surface area contributed by atoms with Gasteiger partial charge in [0.2, 0.25) is 5.91 Å². The first-order valence-corrected chi connectivity index (χ1v) is 8.11. The Balaban J connectivity index is 1.35. The molecule has 0 saturated carbocycles. The molecule has 1 atom stereocenters. The van der Waals surface area contributed by atoms with Crippen LogP contribution in [0.1, 0.15) is 24.8 Å². The van der Waals surface area contributed by atoms with Crippen LogP contribution in [0.25, 0.3) is 6.08 Å². The number of amides is 1. The molecular formula is C17H24N2O3. The molecule has 3 rings (SSSR count). The van der Waals surface area contributed by atoms with Gasteiger partial charge >= 0.3 is 0 Å². The number of rotatable bonds is 5. The molecule has 0 spiro atoms. The highest BCUT2D eigenvalue weighted by Crippen LogP contribution is 2.21. The van der Waals surface area contributed by atoms with E-state index in [2.05, 4.69) is 10.2 Å². The smallest absolute Gasteiger partial charge is 0.244 e. The molecule has 2 saturated heterocycles. The van der Waals surface area contributed by atoms with E-state index >= 15 is 0 Å². The maximum absolute atomic E-state index is 11.8. The molecule has 1 aromatic heterocycles. The first-order chi connectivity index (χ1) is 10.8. The summed E-state index contributed by atoms with van der Waals surface area (Å²) in [5, 5.41) is 3.00. The van der Waals surface area contributed by atoms with Gasteiger partial charge in [0.1, 0.15) is 0 Å². The standard InChI is InChI=1S/C17H24N2O3/c20-17(2-1-15-5-9-21-12-15)18-11-14-3-7-19(8-4-14)16-6-10-22-13-16/h1-2,5,9,12,14,16H,3-4,6-8,10-11,13H2,(H,18,20)/b2-1+. The number of nitrogens with zero attached hydrogens (tertiary/aromatic N) is 1. The third-order valence-corrected chi connectivity index (χ3v) is 4.61. The number of likely N-dealkylation sites (tertiary alicyclic amines) is 1. The van der Waals surface area contributed by atoms with Crippen LogP contribution in [0.3, 0.4) is 0 Å². The average Bonchev–Trinajstić information content (AvgIpc) is 3.24. The highest BCUT2D eigenvalue weighted by atomic mass is 16.5. The molecule has 1 unspecified atom stereocenters. The van der Waals surface area contributed by atoms with E-state index in [1.807, 2.05) is 6.07 Å². The number of piperidine rings is 1. The Morgan fingerprint density at radius 2 is 2.23 bits per heavy atom. The maximum Gasteiger partial charge on any atom is 0.244 e. The quantitative estimate of drug-likeness (QED) is 0.844. The monoisotopic (exact) mass is 304 g/mol. The van der Waals surface area contributed by atoms with Crippen molar-refractivity contribution in [3.8, 4) is 0 Å². The van der Waals surface area contributed by atoms with Gasteiger partial charge in [0.05, 0.1) is 19.1 Å². The minimum Gasteiger partial charge on any atom is -0.472 e. The fraction of sp³-hybridized carbons (Fsp3) is 0.588. The summed E-state index contributed by atoms with van der Waals surface area (Å²) < 4.78 is 10.4. The summed E-state index contributed by atoms with van der Waals surface area (Å²) in [4.78, 5) is 14.3. The first kappa shape index (κ1) is 15.3. The summed E-state index contributed by atoms with van der Waals surface area (Å²) in [5.74, 6) is 0.553. The van der Waals surface area contributed by atoms with Gasteiger partial charge in [-0.2, -0.15) is 0 Å². The number of hydrogen-bond donors (Lipinski definition) is 1. The van der Waals surface area contributed by atoms with Crippen molar-refractivity contribution in [1.82, 2.24) is 10.2 Å². The van der Waals surface area contributed by atoms with Crippen molar-refractivity contribution in [2.24, 2.45) is 5.92 Å². The Morgan fingerprint density at radius 1 is 1.36 bits per heavy atom. The second-order valence-electron chi connectivity index (χ2n) is 6.13. The second-order valence-corrected chi connectivity index (χ2v) is 6.13. The number of carbonyl (C=O) groups excluding carboxylic acids is 1. The molecule has 1 amide bonds. The zero-order valence-corrected chi connectivity index (χ0v) is 12.9. The lowest BCUT2D eigenvalue weighted by atomic mass is 9.95. The van der Waals surface area contributed by atoms with Crippen molar-refractivity contribution in [2.75, 3.05) is 32.8 Å². The minimum absolute atomic E-state index is 0.0344. The van der Waals surface area contributed by atoms with E-state index < -0.39 is 0 Å². The molecule has 1 N–H and O–H groups in total. The molecular weight excluding hydrogens is 280 g/mol. The van der Waals surface area contributed by atoms with Gasteiger partial charge in [-0.3, -0.25) is 9.69 Å². The van der Waals surface area contributed by atoms with E-state index in [1.54, 1.807) is 24.7 Å². The van der Waals surface area contributed by atoms with Crippen LogP contribution in [0.4, 0.5) is 0 Å². The van der Waals surface area contributed by atoms with Crippen LogP contribution in [0.15, 0.2) is 29.1 Å². The Hall–Kier alpha value is -1.59. The third kappa shape index (κ3) is 4.21. The van der Waals surface area contributed by atoms with Crippen LogP contribution < -0.4 is 5.32 Å². The van der Waals surface area contributed by atoms with Crippen LogP contribution in [0, 0.1) is 5.92 Å². The first-order valence-electron chi connectivity index (χ1n) is 8.11. The molecule has 0 aromatic carbocycles. The van der Waals surface area contributed by atoms with E-state index in [9.17, 15) is 4.79 Å². The molecule has 0 aliphatic carbocycles. The van der Waals surface area contributed by atoms with Gasteiger partial charge in [0, 0.05) is 30.8 Å². The summed E-state index contributed by atoms with van der Waals surface area (Å²) in [5.41, 5.74) is 0.905. The van der Waals surface area contributed by atoms with Gasteiger partial charge in [0.15, 0.2) is 0 Å². The number of ether oxygens (including phenoxy) is 1. The summed E-state index contributed by atoms with van der Waals surface area (Å²) in [7, 11) is 0. The van der Waals surface area contributed by atoms with E-state index in [0.717, 1.165) is 51.3 Å². The van der Waals surface area contributed by atoms with Gasteiger partial charge in [-0.25, -0.2) is 0 Å². The van der Waals surface area contributed by atoms with Gasteiger partial charge in [-0.1, -0.05) is 0 Å². The van der Waals surface area contributed by atoms with Gasteiger partial charge in [0.25, 0.3) is 0 Å². The summed E-state index contributed by atoms with van der Waals surface area (Å²) in [6.45, 7) is 4.81. The zero-order valence-electron chi connectivity index (χ0n) is 12.9. The Kier molecular flexibility index (Phi) is 5.29. The van der Waals surface area contributed by atoms with Gasteiger partial charge < -0.3 is 14.5 Å². The minimum atomic E-state index is -0.0344. The van der Waals surface area contributed by atoms with Gasteiger partial charge in [-0.15, -0.1) is 0 Å². The highest BCUT2D eigenvalue weighted by Gasteiger charge is 2.27. The maximum atomic E-state index is 11.8. The zero-order chi connectivity index (χ0) is 15.2. The summed E-state index contributed by atoms with van der Waals surface area (Å²) in [6, 6.07) is 2.44. The normalized spacial score (nSPS) is 24.1. The highest BCUT2D eigenvalue weighted by molar-refractivity contribution is 5.91. The van der Waals surface area contributed by atoms with Crippen molar-refractivity contribution < 1.29 is 13.9 Å². The lowest BCUT2D eigenvalue weighted by Gasteiger charge is -2.35. The predicted octanol–water partition coefficient (Wildman–Crippen LogP) is 1.91. The average molecular weight is 304 g/mol. The fourth-order valence-corrected chi connectivity index (χ4v) is 3.18. The van der Waals surface area contributed by atoms with Crippen molar-refractivity contribution in [3.63, 3.8) is 0 Å². The lowest BCUT2D eigenvalue weighted by molar-refractivity contribution is -0.116. The Morgan fingerprint density at radius 3 is 2.91 bits per heavy atom. The van der Waals surface area contributed by atoms with E-state index in [-0.39, 0.29) is 5.91 Å². The van der Waals surface area contributed by atoms with Crippen LogP contribution in [-0.2, 0) is 9.53 Å². The molecule has 5 heteroatoms. The number of furan rings is 1. The van der Waals surface area contributed by atoms with Crippen LogP contribution >= 0.6 is 0 Å². The third-order valence-electron chi connectivity index (χ3n) is 4.61. The molecule has 1 aromatic rings. The van der Waals surface area contributed by atoms with Crippen molar-refractivity contribution in [1.29, 1.82) is 0 Å². The topological polar surface area (TPSA) is 54.7 Å². The van der Waals surface area contributed by atoms with Crippen LogP contribution in [0.5, 0.6) is 0 Å². The number of carbonyl (C=O) groups is 1. The predicted molar refractivity (Wildman–Crippen MR) is 84.3 cm³/mol.